The summed E-state index contributed by atoms with van der Waals surface area (Å²) in [5.41, 5.74) is -0.810. The maximum absolute atomic E-state index is 10.9. The number of aliphatic hydroxyl groups excluding tert-OH is 1. The molecule has 0 atom stereocenters. The summed E-state index contributed by atoms with van der Waals surface area (Å²) in [6.45, 7) is 3.28. The number of esters is 1. The normalized spacial score (nSPS) is 9.23. The van der Waals surface area contributed by atoms with E-state index >= 15 is 0 Å². The molecule has 0 rings (SSSR count). The van der Waals surface area contributed by atoms with E-state index in [4.69, 9.17) is 10.4 Å². The highest BCUT2D eigenvalue weighted by Gasteiger charge is 2.28. The smallest absolute Gasteiger partial charge is 0.326 e. The predicted molar refractivity (Wildman–Crippen MR) is 50.6 cm³/mol. The Hall–Kier alpha value is -0.770. The first-order chi connectivity index (χ1) is 6.04. The van der Waals surface area contributed by atoms with Crippen molar-refractivity contribution in [2.24, 2.45) is 0 Å². The summed E-state index contributed by atoms with van der Waals surface area (Å²) in [5.74, 6) is -0.389. The van der Waals surface area contributed by atoms with Gasteiger partial charge in [-0.25, -0.2) is 4.72 Å². The number of rotatable bonds is 3. The molecule has 0 amide bonds. The number of nitrogens with one attached hydrogen (secondary N) is 1. The number of hydrogen-bond donors (Lipinski definition) is 2. The third-order valence-electron chi connectivity index (χ3n) is 1.05. The summed E-state index contributed by atoms with van der Waals surface area (Å²) in [6, 6.07) is 0. The van der Waals surface area contributed by atoms with E-state index < -0.39 is 5.54 Å². The van der Waals surface area contributed by atoms with E-state index in [9.17, 15) is 4.79 Å². The predicted octanol–water partition coefficient (Wildman–Crippen LogP) is 0.265. The molecule has 0 bridgehead atoms. The Morgan fingerprint density at radius 1 is 1.62 bits per heavy atom. The van der Waals surface area contributed by atoms with Crippen LogP contribution in [0.3, 0.4) is 0 Å². The highest BCUT2D eigenvalue weighted by Crippen LogP contribution is 2.08. The van der Waals surface area contributed by atoms with Crippen LogP contribution in [0.25, 0.3) is 0 Å². The minimum Gasteiger partial charge on any atom is -0.468 e. The molecule has 13 heavy (non-hydrogen) atoms. The Balaban J connectivity index is 0. The van der Waals surface area contributed by atoms with Crippen LogP contribution in [0, 0.1) is 10.7 Å². The molecule has 0 spiro atoms. The lowest BCUT2D eigenvalue weighted by Crippen LogP contribution is -2.43. The molecule has 0 aliphatic rings. The number of nitrogens with zero attached hydrogens (tertiary/aromatic N) is 1. The summed E-state index contributed by atoms with van der Waals surface area (Å²) in [6.07, 6.45) is 0. The second kappa shape index (κ2) is 7.86. The van der Waals surface area contributed by atoms with Gasteiger partial charge in [-0.1, -0.05) is 0 Å². The highest BCUT2D eigenvalue weighted by molar-refractivity contribution is 8.01. The monoisotopic (exact) mass is 206 g/mol. The van der Waals surface area contributed by atoms with Crippen molar-refractivity contribution in [2.45, 2.75) is 19.4 Å². The van der Waals surface area contributed by atoms with Gasteiger partial charge in [-0.05, 0) is 13.8 Å². The van der Waals surface area contributed by atoms with Gasteiger partial charge in [0.2, 0.25) is 0 Å². The zero-order valence-corrected chi connectivity index (χ0v) is 8.94. The molecule has 0 aromatic carbocycles. The Morgan fingerprint density at radius 2 is 2.08 bits per heavy atom. The fourth-order valence-corrected chi connectivity index (χ4v) is 0.831. The van der Waals surface area contributed by atoms with E-state index in [1.54, 1.807) is 19.2 Å². The molecule has 0 saturated carbocycles. The molecule has 0 aromatic rings. The van der Waals surface area contributed by atoms with Crippen molar-refractivity contribution in [3.8, 4) is 5.40 Å². The Labute approximate surface area is 82.2 Å². The third kappa shape index (κ3) is 6.40. The van der Waals surface area contributed by atoms with Crippen molar-refractivity contribution in [2.75, 3.05) is 14.2 Å². The summed E-state index contributed by atoms with van der Waals surface area (Å²) in [4.78, 5) is 10.9. The molecule has 0 aromatic heterocycles. The van der Waals surface area contributed by atoms with E-state index in [1.807, 2.05) is 0 Å². The molecule has 0 radical (unpaired) electrons. The zero-order chi connectivity index (χ0) is 10.9. The van der Waals surface area contributed by atoms with Gasteiger partial charge in [0.25, 0.3) is 0 Å². The van der Waals surface area contributed by atoms with Gasteiger partial charge >= 0.3 is 5.97 Å². The van der Waals surface area contributed by atoms with Crippen molar-refractivity contribution >= 4 is 17.9 Å². The summed E-state index contributed by atoms with van der Waals surface area (Å²) in [7, 11) is 2.31. The number of ether oxygens (including phenoxy) is 1. The second-order valence-corrected chi connectivity index (χ2v) is 3.00. The number of thiocyanates is 1. The van der Waals surface area contributed by atoms with Gasteiger partial charge in [-0.2, -0.15) is 5.26 Å². The van der Waals surface area contributed by atoms with Crippen LogP contribution in [0.1, 0.15) is 13.8 Å². The largest absolute Gasteiger partial charge is 0.468 e. The molecule has 0 unspecified atom stereocenters. The lowest BCUT2D eigenvalue weighted by Gasteiger charge is -2.19. The molecule has 0 saturated heterocycles. The van der Waals surface area contributed by atoms with Crippen molar-refractivity contribution in [3.63, 3.8) is 0 Å². The number of hydrogen-bond acceptors (Lipinski definition) is 6. The number of carbonyl (C=O) groups is 1. The van der Waals surface area contributed by atoms with Crippen LogP contribution in [-0.2, 0) is 9.53 Å². The summed E-state index contributed by atoms with van der Waals surface area (Å²) in [5, 5.41) is 17.0. The van der Waals surface area contributed by atoms with Crippen molar-refractivity contribution in [1.29, 1.82) is 5.26 Å². The topological polar surface area (TPSA) is 82.3 Å². The maximum Gasteiger partial charge on any atom is 0.326 e. The molecular weight excluding hydrogens is 192 g/mol. The minimum atomic E-state index is -0.810. The first-order valence-corrected chi connectivity index (χ1v) is 4.21. The fraction of sp³-hybridized carbons (Fsp3) is 0.714. The van der Waals surface area contributed by atoms with Crippen molar-refractivity contribution in [3.05, 3.63) is 0 Å². The van der Waals surface area contributed by atoms with Gasteiger partial charge in [0.1, 0.15) is 10.9 Å². The number of aliphatic hydroxyl groups is 1. The van der Waals surface area contributed by atoms with Crippen LogP contribution in [-0.4, -0.2) is 30.8 Å². The van der Waals surface area contributed by atoms with Crippen LogP contribution >= 0.6 is 11.9 Å². The molecule has 0 aliphatic carbocycles. The average Bonchev–Trinajstić information content (AvgIpc) is 2.16. The molecule has 76 valence electrons. The Kier molecular flexibility index (Phi) is 8.91. The van der Waals surface area contributed by atoms with E-state index in [1.165, 1.54) is 7.11 Å². The maximum atomic E-state index is 10.9. The van der Waals surface area contributed by atoms with Crippen LogP contribution in [0.2, 0.25) is 0 Å². The summed E-state index contributed by atoms with van der Waals surface area (Å²) < 4.78 is 7.13. The fourth-order valence-electron chi connectivity index (χ4n) is 0.447. The second-order valence-electron chi connectivity index (χ2n) is 2.41. The molecule has 0 heterocycles. The van der Waals surface area contributed by atoms with E-state index in [0.717, 1.165) is 19.1 Å². The molecule has 0 fully saturated rings. The zero-order valence-electron chi connectivity index (χ0n) is 8.12. The summed E-state index contributed by atoms with van der Waals surface area (Å²) >= 11 is 0.813. The quantitative estimate of drug-likeness (QED) is 0.392. The molecule has 5 nitrogen and oxygen atoms in total. The van der Waals surface area contributed by atoms with E-state index in [0.29, 0.717) is 0 Å². The van der Waals surface area contributed by atoms with Crippen molar-refractivity contribution in [1.82, 2.24) is 4.72 Å². The molecule has 6 heteroatoms. The first kappa shape index (κ1) is 14.7. The molecule has 0 aliphatic heterocycles. The van der Waals surface area contributed by atoms with E-state index in [-0.39, 0.29) is 5.97 Å². The van der Waals surface area contributed by atoms with Gasteiger partial charge in [0.15, 0.2) is 0 Å². The average molecular weight is 206 g/mol. The Morgan fingerprint density at radius 3 is 2.38 bits per heavy atom. The lowest BCUT2D eigenvalue weighted by atomic mass is 10.1. The van der Waals surface area contributed by atoms with Gasteiger partial charge < -0.3 is 9.84 Å². The standard InChI is InChI=1S/C6H10N2O2S.CH4O/c1-6(2,5(9)10-3)8-11-4-7;1-2/h8H,1-3H3;2H,1H3. The highest BCUT2D eigenvalue weighted by atomic mass is 32.2. The van der Waals surface area contributed by atoms with Gasteiger partial charge in [0, 0.05) is 19.1 Å². The first-order valence-electron chi connectivity index (χ1n) is 3.40. The van der Waals surface area contributed by atoms with Gasteiger partial charge in [-0.3, -0.25) is 4.79 Å². The molecule has 2 N–H and O–H groups in total. The SMILES string of the molecule is CO.COC(=O)C(C)(C)NSC#N. The van der Waals surface area contributed by atoms with Crippen LogP contribution < -0.4 is 4.72 Å². The Bertz CT molecular complexity index is 189. The number of nitriles is 1. The minimum absolute atomic E-state index is 0.389. The number of methoxy groups -OCH3 is 1. The van der Waals surface area contributed by atoms with Crippen molar-refractivity contribution < 1.29 is 14.6 Å². The van der Waals surface area contributed by atoms with E-state index in [2.05, 4.69) is 9.46 Å². The van der Waals surface area contributed by atoms with Crippen LogP contribution in [0.5, 0.6) is 0 Å². The van der Waals surface area contributed by atoms with Gasteiger partial charge in [0.05, 0.1) is 7.11 Å². The van der Waals surface area contributed by atoms with Crippen LogP contribution in [0.4, 0.5) is 0 Å². The third-order valence-corrected chi connectivity index (χ3v) is 1.75. The lowest BCUT2D eigenvalue weighted by molar-refractivity contribution is -0.146. The molecular formula is C7H14N2O3S. The van der Waals surface area contributed by atoms with Gasteiger partial charge in [-0.15, -0.1) is 0 Å². The number of carbonyl (C=O) groups excluding carboxylic acids is 1. The van der Waals surface area contributed by atoms with Crippen LogP contribution in [0.15, 0.2) is 0 Å².